The van der Waals surface area contributed by atoms with Crippen molar-refractivity contribution in [3.8, 4) is 0 Å². The van der Waals surface area contributed by atoms with Crippen molar-refractivity contribution in [1.82, 2.24) is 9.80 Å². The lowest BCUT2D eigenvalue weighted by molar-refractivity contribution is 0.135. The van der Waals surface area contributed by atoms with Crippen LogP contribution in [0.25, 0.3) is 0 Å². The van der Waals surface area contributed by atoms with Gasteiger partial charge in [0.1, 0.15) is 6.17 Å². The van der Waals surface area contributed by atoms with Crippen LogP contribution in [-0.2, 0) is 0 Å². The molecule has 1 rings (SSSR count). The van der Waals surface area contributed by atoms with Gasteiger partial charge in [-0.1, -0.05) is 124 Å². The zero-order valence-corrected chi connectivity index (χ0v) is 21.2. The molecule has 0 unspecified atom stereocenters. The van der Waals surface area contributed by atoms with E-state index in [1.807, 2.05) is 0 Å². The van der Waals surface area contributed by atoms with Gasteiger partial charge in [0.25, 0.3) is 0 Å². The average Bonchev–Trinajstić information content (AvgIpc) is 3.14. The quantitative estimate of drug-likeness (QED) is 0.161. The lowest BCUT2D eigenvalue weighted by atomic mass is 10.1. The molecule has 0 amide bonds. The highest BCUT2D eigenvalue weighted by atomic mass is 15.4. The Morgan fingerprint density at radius 2 is 0.767 bits per heavy atom. The minimum atomic E-state index is 0.645. The third-order valence-corrected chi connectivity index (χ3v) is 6.82. The molecule has 1 aliphatic heterocycles. The van der Waals surface area contributed by atoms with Gasteiger partial charge in [0, 0.05) is 25.5 Å². The van der Waals surface area contributed by atoms with Gasteiger partial charge in [0.05, 0.1) is 0 Å². The molecule has 0 aromatic carbocycles. The molecule has 0 saturated carbocycles. The molecule has 1 aliphatic rings. The Balaban J connectivity index is 2.27. The highest BCUT2D eigenvalue weighted by Gasteiger charge is 2.24. The molecule has 1 heterocycles. The molecule has 0 atom stereocenters. The highest BCUT2D eigenvalue weighted by molar-refractivity contribution is 4.97. The SMILES string of the molecule is CCCCCCCCCCCC1N(CCCCCCC)C=CN1CCCCCCC. The van der Waals surface area contributed by atoms with Crippen molar-refractivity contribution in [2.75, 3.05) is 13.1 Å². The van der Waals surface area contributed by atoms with Crippen LogP contribution in [0.15, 0.2) is 12.4 Å². The summed E-state index contributed by atoms with van der Waals surface area (Å²) in [4.78, 5) is 5.34. The molecule has 2 nitrogen and oxygen atoms in total. The summed E-state index contributed by atoms with van der Waals surface area (Å²) in [6.45, 7) is 9.44. The summed E-state index contributed by atoms with van der Waals surface area (Å²) in [5, 5.41) is 0. The molecule has 0 spiro atoms. The smallest absolute Gasteiger partial charge is 0.101 e. The van der Waals surface area contributed by atoms with E-state index in [-0.39, 0.29) is 0 Å². The van der Waals surface area contributed by atoms with Crippen molar-refractivity contribution in [1.29, 1.82) is 0 Å². The largest absolute Gasteiger partial charge is 0.356 e. The van der Waals surface area contributed by atoms with Crippen LogP contribution in [0.1, 0.15) is 149 Å². The summed E-state index contributed by atoms with van der Waals surface area (Å²) in [5.74, 6) is 0. The number of nitrogens with zero attached hydrogens (tertiary/aromatic N) is 2. The maximum absolute atomic E-state index is 2.67. The molecule has 0 fully saturated rings. The van der Waals surface area contributed by atoms with E-state index in [2.05, 4.69) is 43.0 Å². The molecule has 178 valence electrons. The van der Waals surface area contributed by atoms with Gasteiger partial charge < -0.3 is 9.80 Å². The molecule has 0 aromatic heterocycles. The molecule has 0 aromatic rings. The Kier molecular flexibility index (Phi) is 18.5. The molecular formula is C28H56N2. The van der Waals surface area contributed by atoms with Crippen molar-refractivity contribution in [3.05, 3.63) is 12.4 Å². The van der Waals surface area contributed by atoms with Crippen LogP contribution in [0.2, 0.25) is 0 Å². The normalized spacial score (nSPS) is 14.4. The Morgan fingerprint density at radius 1 is 0.433 bits per heavy atom. The van der Waals surface area contributed by atoms with E-state index in [0.717, 1.165) is 0 Å². The lowest BCUT2D eigenvalue weighted by Crippen LogP contribution is -2.39. The number of hydrogen-bond acceptors (Lipinski definition) is 2. The summed E-state index contributed by atoms with van der Waals surface area (Å²) in [5.41, 5.74) is 0. The second kappa shape index (κ2) is 20.3. The van der Waals surface area contributed by atoms with E-state index >= 15 is 0 Å². The first-order valence-corrected chi connectivity index (χ1v) is 14.0. The van der Waals surface area contributed by atoms with Crippen LogP contribution in [0.3, 0.4) is 0 Å². The first-order chi connectivity index (χ1) is 14.8. The fourth-order valence-corrected chi connectivity index (χ4v) is 4.77. The van der Waals surface area contributed by atoms with Gasteiger partial charge in [-0.05, 0) is 25.7 Å². The van der Waals surface area contributed by atoms with Crippen LogP contribution in [0.5, 0.6) is 0 Å². The van der Waals surface area contributed by atoms with Crippen molar-refractivity contribution in [3.63, 3.8) is 0 Å². The van der Waals surface area contributed by atoms with Gasteiger partial charge in [-0.3, -0.25) is 0 Å². The average molecular weight is 421 g/mol. The summed E-state index contributed by atoms with van der Waals surface area (Å²) in [7, 11) is 0. The molecule has 2 heteroatoms. The zero-order valence-electron chi connectivity index (χ0n) is 21.2. The number of unbranched alkanes of at least 4 members (excludes halogenated alkanes) is 16. The van der Waals surface area contributed by atoms with Crippen molar-refractivity contribution < 1.29 is 0 Å². The maximum atomic E-state index is 2.67. The summed E-state index contributed by atoms with van der Waals surface area (Å²) in [6, 6.07) is 0. The number of rotatable bonds is 22. The second-order valence-electron chi connectivity index (χ2n) is 9.70. The van der Waals surface area contributed by atoms with Crippen LogP contribution < -0.4 is 0 Å². The first kappa shape index (κ1) is 27.4. The third kappa shape index (κ3) is 13.6. The maximum Gasteiger partial charge on any atom is 0.101 e. The monoisotopic (exact) mass is 420 g/mol. The van der Waals surface area contributed by atoms with Crippen LogP contribution in [0, 0.1) is 0 Å². The minimum Gasteiger partial charge on any atom is -0.356 e. The third-order valence-electron chi connectivity index (χ3n) is 6.82. The minimum absolute atomic E-state index is 0.645. The van der Waals surface area contributed by atoms with E-state index < -0.39 is 0 Å². The molecule has 0 aliphatic carbocycles. The van der Waals surface area contributed by atoms with Crippen LogP contribution in [-0.4, -0.2) is 29.1 Å². The fraction of sp³-hybridized carbons (Fsp3) is 0.929. The molecule has 0 radical (unpaired) electrons. The van der Waals surface area contributed by atoms with Crippen molar-refractivity contribution in [2.24, 2.45) is 0 Å². The molecule has 0 saturated heterocycles. The predicted molar refractivity (Wildman–Crippen MR) is 136 cm³/mol. The van der Waals surface area contributed by atoms with Crippen molar-refractivity contribution >= 4 is 0 Å². The van der Waals surface area contributed by atoms with E-state index in [1.165, 1.54) is 142 Å². The second-order valence-corrected chi connectivity index (χ2v) is 9.70. The Labute approximate surface area is 190 Å². The Morgan fingerprint density at radius 3 is 1.17 bits per heavy atom. The predicted octanol–water partition coefficient (Wildman–Crippen LogP) is 9.26. The Bertz CT molecular complexity index is 355. The summed E-state index contributed by atoms with van der Waals surface area (Å²) in [6.07, 6.45) is 33.6. The van der Waals surface area contributed by atoms with E-state index in [4.69, 9.17) is 0 Å². The molecule has 0 N–H and O–H groups in total. The van der Waals surface area contributed by atoms with Crippen LogP contribution >= 0.6 is 0 Å². The summed E-state index contributed by atoms with van der Waals surface area (Å²) >= 11 is 0. The van der Waals surface area contributed by atoms with Gasteiger partial charge in [0.2, 0.25) is 0 Å². The van der Waals surface area contributed by atoms with Gasteiger partial charge in [0.15, 0.2) is 0 Å². The van der Waals surface area contributed by atoms with Gasteiger partial charge in [-0.25, -0.2) is 0 Å². The standard InChI is InChI=1S/C28H56N2/c1-4-7-10-13-14-15-16-17-20-23-28-29(24-21-18-11-8-5-2)26-27-30(28)25-22-19-12-9-6-3/h26-28H,4-25H2,1-3H3. The fourth-order valence-electron chi connectivity index (χ4n) is 4.77. The van der Waals surface area contributed by atoms with Gasteiger partial charge >= 0.3 is 0 Å². The van der Waals surface area contributed by atoms with E-state index in [1.54, 1.807) is 0 Å². The molecular weight excluding hydrogens is 364 g/mol. The molecule has 30 heavy (non-hydrogen) atoms. The topological polar surface area (TPSA) is 6.48 Å². The Hall–Kier alpha value is -0.660. The van der Waals surface area contributed by atoms with E-state index in [9.17, 15) is 0 Å². The lowest BCUT2D eigenvalue weighted by Gasteiger charge is -2.33. The summed E-state index contributed by atoms with van der Waals surface area (Å²) < 4.78 is 0. The van der Waals surface area contributed by atoms with Gasteiger partial charge in [-0.15, -0.1) is 0 Å². The number of hydrogen-bond donors (Lipinski definition) is 0. The van der Waals surface area contributed by atoms with E-state index in [0.29, 0.717) is 6.17 Å². The first-order valence-electron chi connectivity index (χ1n) is 14.0. The highest BCUT2D eigenvalue weighted by Crippen LogP contribution is 2.23. The molecule has 0 bridgehead atoms. The van der Waals surface area contributed by atoms with Crippen LogP contribution in [0.4, 0.5) is 0 Å². The van der Waals surface area contributed by atoms with Crippen molar-refractivity contribution in [2.45, 2.75) is 155 Å². The zero-order chi connectivity index (χ0) is 21.7. The van der Waals surface area contributed by atoms with Gasteiger partial charge in [-0.2, -0.15) is 0 Å².